The summed E-state index contributed by atoms with van der Waals surface area (Å²) in [5, 5.41) is 1.70. The molecule has 40 heavy (non-hydrogen) atoms. The molecule has 0 aliphatic heterocycles. The van der Waals surface area contributed by atoms with Gasteiger partial charge in [-0.05, 0) is 62.6 Å². The second-order valence-corrected chi connectivity index (χ2v) is 10.8. The van der Waals surface area contributed by atoms with E-state index in [1.165, 1.54) is 7.05 Å². The molecule has 5 nitrogen and oxygen atoms in total. The summed E-state index contributed by atoms with van der Waals surface area (Å²) in [7, 11) is 1.39. The SMILES string of the molecule is CN(CCNC(=O)c1ccc(CC=C(c2cc(Cl)c(Cl)c(Cl)c2)C(F)(F)F)cc1C(F)(F)F)C(=O)OC(C)(C)C. The highest BCUT2D eigenvalue weighted by Crippen LogP contribution is 2.40. The number of hydrogen-bond acceptors (Lipinski definition) is 3. The van der Waals surface area contributed by atoms with Crippen molar-refractivity contribution in [2.45, 2.75) is 45.1 Å². The van der Waals surface area contributed by atoms with Gasteiger partial charge < -0.3 is 15.0 Å². The molecule has 2 amide bonds. The zero-order chi connectivity index (χ0) is 30.6. The average molecular weight is 634 g/mol. The Balaban J connectivity index is 2.27. The zero-order valence-corrected chi connectivity index (χ0v) is 23.9. The van der Waals surface area contributed by atoms with Crippen LogP contribution in [0.15, 0.2) is 36.4 Å². The second-order valence-electron chi connectivity index (χ2n) is 9.61. The standard InChI is InChI=1S/C26H25Cl3F6N2O3/c1-24(2,3)40-23(39)37(4)10-9-36-22(38)16-7-5-14(11-18(16)26(33,34)35)6-8-17(25(30,31)32)15-12-19(27)21(29)20(28)13-15/h5,7-8,11-13H,6,9-10H2,1-4H3,(H,36,38). The Kier molecular flexibility index (Phi) is 10.8. The summed E-state index contributed by atoms with van der Waals surface area (Å²) in [6, 6.07) is 4.49. The van der Waals surface area contributed by atoms with Gasteiger partial charge in [-0.1, -0.05) is 46.9 Å². The van der Waals surface area contributed by atoms with Crippen LogP contribution in [-0.2, 0) is 17.3 Å². The predicted octanol–water partition coefficient (Wildman–Crippen LogP) is 8.45. The molecule has 0 unspecified atom stereocenters. The third kappa shape index (κ3) is 9.49. The van der Waals surface area contributed by atoms with E-state index in [0.29, 0.717) is 12.1 Å². The molecule has 0 atom stereocenters. The van der Waals surface area contributed by atoms with Crippen LogP contribution in [0, 0.1) is 0 Å². The lowest BCUT2D eigenvalue weighted by Crippen LogP contribution is -2.39. The van der Waals surface area contributed by atoms with E-state index < -0.39 is 58.6 Å². The molecule has 0 heterocycles. The number of amides is 2. The van der Waals surface area contributed by atoms with Crippen molar-refractivity contribution in [1.82, 2.24) is 10.2 Å². The molecule has 0 radical (unpaired) electrons. The fourth-order valence-corrected chi connectivity index (χ4v) is 3.94. The molecule has 2 aromatic rings. The van der Waals surface area contributed by atoms with E-state index in [-0.39, 0.29) is 33.7 Å². The van der Waals surface area contributed by atoms with Crippen LogP contribution in [0.2, 0.25) is 15.1 Å². The summed E-state index contributed by atoms with van der Waals surface area (Å²) < 4.78 is 87.8. The van der Waals surface area contributed by atoms with Crippen molar-refractivity contribution in [2.24, 2.45) is 0 Å². The molecular formula is C26H25Cl3F6N2O3. The van der Waals surface area contributed by atoms with Crippen LogP contribution in [0.4, 0.5) is 31.1 Å². The van der Waals surface area contributed by atoms with Gasteiger partial charge in [-0.25, -0.2) is 4.79 Å². The van der Waals surface area contributed by atoms with Crippen LogP contribution in [-0.4, -0.2) is 48.8 Å². The zero-order valence-electron chi connectivity index (χ0n) is 21.7. The normalized spacial score (nSPS) is 12.8. The van der Waals surface area contributed by atoms with E-state index in [1.807, 2.05) is 0 Å². The van der Waals surface area contributed by atoms with Crippen molar-refractivity contribution >= 4 is 52.4 Å². The summed E-state index contributed by atoms with van der Waals surface area (Å²) >= 11 is 17.5. The van der Waals surface area contributed by atoms with Crippen molar-refractivity contribution in [1.29, 1.82) is 0 Å². The van der Waals surface area contributed by atoms with Gasteiger partial charge in [-0.2, -0.15) is 26.3 Å². The lowest BCUT2D eigenvalue weighted by molar-refractivity contribution is -0.138. The van der Waals surface area contributed by atoms with Gasteiger partial charge in [0.1, 0.15) is 5.60 Å². The van der Waals surface area contributed by atoms with Crippen LogP contribution in [0.1, 0.15) is 47.8 Å². The number of rotatable bonds is 7. The number of halogens is 9. The Morgan fingerprint density at radius 2 is 1.55 bits per heavy atom. The Morgan fingerprint density at radius 1 is 0.975 bits per heavy atom. The molecule has 0 saturated carbocycles. The molecule has 0 aliphatic rings. The summed E-state index contributed by atoms with van der Waals surface area (Å²) in [5.41, 5.74) is -4.56. The van der Waals surface area contributed by atoms with E-state index in [2.05, 4.69) is 5.32 Å². The molecule has 0 aliphatic carbocycles. The Hall–Kier alpha value is -2.63. The van der Waals surface area contributed by atoms with Crippen LogP contribution in [0.3, 0.4) is 0 Å². The monoisotopic (exact) mass is 632 g/mol. The predicted molar refractivity (Wildman–Crippen MR) is 142 cm³/mol. The number of nitrogens with one attached hydrogen (secondary N) is 1. The summed E-state index contributed by atoms with van der Waals surface area (Å²) in [4.78, 5) is 25.7. The van der Waals surface area contributed by atoms with Gasteiger partial charge in [0.25, 0.3) is 5.91 Å². The lowest BCUT2D eigenvalue weighted by Gasteiger charge is -2.24. The van der Waals surface area contributed by atoms with Crippen LogP contribution in [0.5, 0.6) is 0 Å². The van der Waals surface area contributed by atoms with Gasteiger partial charge in [0.2, 0.25) is 0 Å². The van der Waals surface area contributed by atoms with Gasteiger partial charge in [0, 0.05) is 20.1 Å². The van der Waals surface area contributed by atoms with Crippen molar-refractivity contribution in [3.63, 3.8) is 0 Å². The Morgan fingerprint density at radius 3 is 2.05 bits per heavy atom. The number of likely N-dealkylation sites (N-methyl/N-ethyl adjacent to an activating group) is 1. The number of alkyl halides is 6. The molecule has 2 aromatic carbocycles. The van der Waals surface area contributed by atoms with E-state index in [9.17, 15) is 35.9 Å². The van der Waals surface area contributed by atoms with Gasteiger partial charge >= 0.3 is 18.4 Å². The first-order valence-electron chi connectivity index (χ1n) is 11.6. The number of carbonyl (C=O) groups excluding carboxylic acids is 2. The van der Waals surface area contributed by atoms with Crippen LogP contribution >= 0.6 is 34.8 Å². The molecule has 0 spiro atoms. The average Bonchev–Trinajstić information content (AvgIpc) is 2.79. The largest absolute Gasteiger partial charge is 0.444 e. The molecule has 14 heteroatoms. The Labute approximate surface area is 242 Å². The number of carbonyl (C=O) groups is 2. The number of hydrogen-bond donors (Lipinski definition) is 1. The highest BCUT2D eigenvalue weighted by molar-refractivity contribution is 6.48. The van der Waals surface area contributed by atoms with E-state index in [0.717, 1.165) is 29.2 Å². The maximum atomic E-state index is 13.8. The highest BCUT2D eigenvalue weighted by Gasteiger charge is 2.37. The van der Waals surface area contributed by atoms with Crippen molar-refractivity contribution in [3.05, 3.63) is 73.7 Å². The molecule has 2 rings (SSSR count). The van der Waals surface area contributed by atoms with Gasteiger partial charge in [-0.15, -0.1) is 0 Å². The maximum absolute atomic E-state index is 13.8. The van der Waals surface area contributed by atoms with E-state index in [4.69, 9.17) is 39.5 Å². The second kappa shape index (κ2) is 12.9. The van der Waals surface area contributed by atoms with E-state index in [1.54, 1.807) is 20.8 Å². The fraction of sp³-hybridized carbons (Fsp3) is 0.385. The molecule has 1 N–H and O–H groups in total. The molecule has 220 valence electrons. The van der Waals surface area contributed by atoms with Crippen molar-refractivity contribution < 1.29 is 40.7 Å². The summed E-state index contributed by atoms with van der Waals surface area (Å²) in [5.74, 6) is -1.08. The van der Waals surface area contributed by atoms with Crippen LogP contribution in [0.25, 0.3) is 5.57 Å². The first-order chi connectivity index (χ1) is 18.2. The van der Waals surface area contributed by atoms with Gasteiger partial charge in [0.15, 0.2) is 0 Å². The number of nitrogens with zero attached hydrogens (tertiary/aromatic N) is 1. The molecule has 0 saturated heterocycles. The molecular weight excluding hydrogens is 609 g/mol. The minimum atomic E-state index is -4.98. The summed E-state index contributed by atoms with van der Waals surface area (Å²) in [6.45, 7) is 4.74. The maximum Gasteiger partial charge on any atom is 0.417 e. The van der Waals surface area contributed by atoms with E-state index >= 15 is 0 Å². The van der Waals surface area contributed by atoms with Gasteiger partial charge in [0.05, 0.1) is 31.8 Å². The van der Waals surface area contributed by atoms with Crippen molar-refractivity contribution in [2.75, 3.05) is 20.1 Å². The van der Waals surface area contributed by atoms with Gasteiger partial charge in [-0.3, -0.25) is 4.79 Å². The number of allylic oxidation sites excluding steroid dienone is 2. The molecule has 0 fully saturated rings. The first kappa shape index (κ1) is 33.6. The Bertz CT molecular complexity index is 1260. The topological polar surface area (TPSA) is 58.6 Å². The fourth-order valence-electron chi connectivity index (χ4n) is 3.34. The van der Waals surface area contributed by atoms with Crippen LogP contribution < -0.4 is 5.32 Å². The lowest BCUT2D eigenvalue weighted by atomic mass is 9.98. The minimum Gasteiger partial charge on any atom is -0.444 e. The smallest absolute Gasteiger partial charge is 0.417 e. The first-order valence-corrected chi connectivity index (χ1v) is 12.7. The number of benzene rings is 2. The third-order valence-corrected chi connectivity index (χ3v) is 6.41. The van der Waals surface area contributed by atoms with Crippen molar-refractivity contribution in [3.8, 4) is 0 Å². The number of ether oxygens (including phenoxy) is 1. The molecule has 0 aromatic heterocycles. The summed E-state index contributed by atoms with van der Waals surface area (Å²) in [6.07, 6.45) is -10.4. The quantitative estimate of drug-likeness (QED) is 0.246. The minimum absolute atomic E-state index is 0.0518. The third-order valence-electron chi connectivity index (χ3n) is 5.21. The molecule has 0 bridgehead atoms. The highest BCUT2D eigenvalue weighted by atomic mass is 35.5.